The Balaban J connectivity index is 1.62. The smallest absolute Gasteiger partial charge is 0.406 e. The predicted octanol–water partition coefficient (Wildman–Crippen LogP) is 2.64. The van der Waals surface area contributed by atoms with Gasteiger partial charge in [-0.15, -0.1) is 13.2 Å². The summed E-state index contributed by atoms with van der Waals surface area (Å²) in [6.45, 7) is -0.0754. The van der Waals surface area contributed by atoms with Crippen molar-refractivity contribution in [3.05, 3.63) is 54.6 Å². The normalized spacial score (nSPS) is 11.1. The molecule has 0 aliphatic carbocycles. The number of hydrogen-bond donors (Lipinski definition) is 1. The largest absolute Gasteiger partial charge is 0.573 e. The summed E-state index contributed by atoms with van der Waals surface area (Å²) in [6, 6.07) is 14.0. The van der Waals surface area contributed by atoms with Crippen LogP contribution < -0.4 is 15.0 Å². The van der Waals surface area contributed by atoms with Crippen molar-refractivity contribution in [2.75, 3.05) is 23.8 Å². The number of anilines is 2. The van der Waals surface area contributed by atoms with Crippen molar-refractivity contribution < 1.29 is 22.7 Å². The van der Waals surface area contributed by atoms with E-state index in [0.29, 0.717) is 11.6 Å². The lowest BCUT2D eigenvalue weighted by molar-refractivity contribution is -0.274. The number of carbonyl (C=O) groups excluding carboxylic acids is 1. The molecular weight excluding hydrogens is 377 g/mol. The fraction of sp³-hybridized carbons (Fsp3) is 0.176. The molecule has 0 spiro atoms. The van der Waals surface area contributed by atoms with Crippen LogP contribution in [0.25, 0.3) is 5.69 Å². The average molecular weight is 392 g/mol. The van der Waals surface area contributed by atoms with Crippen molar-refractivity contribution in [3.8, 4) is 11.4 Å². The molecule has 28 heavy (non-hydrogen) atoms. The fourth-order valence-corrected chi connectivity index (χ4v) is 2.38. The van der Waals surface area contributed by atoms with Crippen molar-refractivity contribution in [1.82, 2.24) is 20.2 Å². The van der Waals surface area contributed by atoms with Gasteiger partial charge < -0.3 is 15.0 Å². The summed E-state index contributed by atoms with van der Waals surface area (Å²) in [5.74, 6) is -0.408. The molecule has 0 aliphatic heterocycles. The number of nitrogens with one attached hydrogen (secondary N) is 1. The van der Waals surface area contributed by atoms with Crippen LogP contribution in [0.15, 0.2) is 54.6 Å². The molecule has 3 rings (SSSR count). The first-order valence-electron chi connectivity index (χ1n) is 8.02. The second-order valence-corrected chi connectivity index (χ2v) is 5.70. The zero-order valence-electron chi connectivity index (χ0n) is 14.6. The maximum Gasteiger partial charge on any atom is 0.573 e. The van der Waals surface area contributed by atoms with Gasteiger partial charge >= 0.3 is 6.36 Å². The first kappa shape index (κ1) is 19.1. The predicted molar refractivity (Wildman–Crippen MR) is 94.2 cm³/mol. The van der Waals surface area contributed by atoms with Gasteiger partial charge in [0, 0.05) is 12.7 Å². The molecule has 1 amide bonds. The van der Waals surface area contributed by atoms with Crippen LogP contribution in [0.3, 0.4) is 0 Å². The standard InChI is InChI=1S/C17H15F3N6O2/c1-25(16-22-23-24-26(16)13-5-3-2-4-6-13)11-15(27)21-12-7-9-14(10-8-12)28-17(18,19)20/h2-10H,11H2,1H3,(H,21,27). The molecule has 3 aromatic rings. The van der Waals surface area contributed by atoms with E-state index in [4.69, 9.17) is 0 Å². The van der Waals surface area contributed by atoms with Gasteiger partial charge in [0.1, 0.15) is 5.75 Å². The van der Waals surface area contributed by atoms with Gasteiger partial charge in [0.15, 0.2) is 0 Å². The van der Waals surface area contributed by atoms with Gasteiger partial charge in [0.25, 0.3) is 5.95 Å². The molecule has 0 unspecified atom stereocenters. The summed E-state index contributed by atoms with van der Waals surface area (Å²) >= 11 is 0. The van der Waals surface area contributed by atoms with Crippen LogP contribution in [-0.4, -0.2) is 46.1 Å². The summed E-state index contributed by atoms with van der Waals surface area (Å²) in [5.41, 5.74) is 1.06. The first-order valence-corrected chi connectivity index (χ1v) is 8.02. The minimum Gasteiger partial charge on any atom is -0.406 e. The third-order valence-corrected chi connectivity index (χ3v) is 3.55. The lowest BCUT2D eigenvalue weighted by Gasteiger charge is -2.17. The number of tetrazole rings is 1. The van der Waals surface area contributed by atoms with Gasteiger partial charge in [0.05, 0.1) is 12.2 Å². The van der Waals surface area contributed by atoms with E-state index in [1.165, 1.54) is 16.8 Å². The summed E-state index contributed by atoms with van der Waals surface area (Å²) in [7, 11) is 1.64. The Morgan fingerprint density at radius 1 is 1.14 bits per heavy atom. The Hall–Kier alpha value is -3.63. The molecule has 0 bridgehead atoms. The number of aromatic nitrogens is 4. The topological polar surface area (TPSA) is 85.2 Å². The van der Waals surface area contributed by atoms with Crippen LogP contribution in [0.5, 0.6) is 5.75 Å². The molecule has 0 aliphatic rings. The van der Waals surface area contributed by atoms with Crippen LogP contribution in [0.4, 0.5) is 24.8 Å². The summed E-state index contributed by atoms with van der Waals surface area (Å²) in [5, 5.41) is 14.1. The second-order valence-electron chi connectivity index (χ2n) is 5.70. The number of para-hydroxylation sites is 1. The highest BCUT2D eigenvalue weighted by Gasteiger charge is 2.31. The lowest BCUT2D eigenvalue weighted by Crippen LogP contribution is -2.32. The van der Waals surface area contributed by atoms with E-state index in [-0.39, 0.29) is 12.3 Å². The third kappa shape index (κ3) is 4.96. The Kier molecular flexibility index (Phi) is 5.43. The summed E-state index contributed by atoms with van der Waals surface area (Å²) < 4.78 is 41.8. The monoisotopic (exact) mass is 392 g/mol. The van der Waals surface area contributed by atoms with E-state index in [1.807, 2.05) is 30.3 Å². The lowest BCUT2D eigenvalue weighted by atomic mass is 10.3. The first-order chi connectivity index (χ1) is 13.3. The minimum atomic E-state index is -4.77. The highest BCUT2D eigenvalue weighted by atomic mass is 19.4. The fourth-order valence-electron chi connectivity index (χ4n) is 2.38. The highest BCUT2D eigenvalue weighted by molar-refractivity contribution is 5.93. The van der Waals surface area contributed by atoms with E-state index >= 15 is 0 Å². The van der Waals surface area contributed by atoms with Crippen molar-refractivity contribution >= 4 is 17.5 Å². The quantitative estimate of drug-likeness (QED) is 0.694. The molecule has 1 N–H and O–H groups in total. The molecule has 8 nitrogen and oxygen atoms in total. The molecule has 0 saturated carbocycles. The van der Waals surface area contributed by atoms with Crippen LogP contribution in [0, 0.1) is 0 Å². The van der Waals surface area contributed by atoms with Crippen LogP contribution in [0.2, 0.25) is 0 Å². The molecule has 0 fully saturated rings. The molecule has 146 valence electrons. The van der Waals surface area contributed by atoms with Crippen molar-refractivity contribution in [2.45, 2.75) is 6.36 Å². The number of rotatable bonds is 6. The van der Waals surface area contributed by atoms with Crippen molar-refractivity contribution in [3.63, 3.8) is 0 Å². The van der Waals surface area contributed by atoms with E-state index in [2.05, 4.69) is 25.6 Å². The number of amides is 1. The van der Waals surface area contributed by atoms with Gasteiger partial charge in [-0.3, -0.25) is 4.79 Å². The Bertz CT molecular complexity index is 928. The van der Waals surface area contributed by atoms with E-state index in [0.717, 1.165) is 17.8 Å². The SMILES string of the molecule is CN(CC(=O)Nc1ccc(OC(F)(F)F)cc1)c1nnnn1-c1ccccc1. The zero-order valence-corrected chi connectivity index (χ0v) is 14.6. The molecule has 0 radical (unpaired) electrons. The molecule has 0 atom stereocenters. The molecular formula is C17H15F3N6O2. The minimum absolute atomic E-state index is 0.0754. The third-order valence-electron chi connectivity index (χ3n) is 3.55. The van der Waals surface area contributed by atoms with Gasteiger partial charge in [-0.25, -0.2) is 0 Å². The van der Waals surface area contributed by atoms with Gasteiger partial charge in [-0.05, 0) is 46.8 Å². The molecule has 2 aromatic carbocycles. The number of hydrogen-bond acceptors (Lipinski definition) is 6. The Morgan fingerprint density at radius 2 is 1.82 bits per heavy atom. The number of benzene rings is 2. The molecule has 0 saturated heterocycles. The van der Waals surface area contributed by atoms with E-state index < -0.39 is 12.3 Å². The van der Waals surface area contributed by atoms with Crippen LogP contribution in [-0.2, 0) is 4.79 Å². The van der Waals surface area contributed by atoms with E-state index in [1.54, 1.807) is 11.9 Å². The van der Waals surface area contributed by atoms with Gasteiger partial charge in [0.2, 0.25) is 5.91 Å². The Labute approximate surface area is 157 Å². The molecule has 1 heterocycles. The number of likely N-dealkylation sites (N-methyl/N-ethyl adjacent to an activating group) is 1. The Morgan fingerprint density at radius 3 is 2.46 bits per heavy atom. The van der Waals surface area contributed by atoms with Crippen LogP contribution in [0.1, 0.15) is 0 Å². The van der Waals surface area contributed by atoms with Crippen molar-refractivity contribution in [1.29, 1.82) is 0 Å². The highest BCUT2D eigenvalue weighted by Crippen LogP contribution is 2.24. The zero-order chi connectivity index (χ0) is 20.1. The van der Waals surface area contributed by atoms with Crippen molar-refractivity contribution in [2.24, 2.45) is 0 Å². The summed E-state index contributed by atoms with van der Waals surface area (Å²) in [6.07, 6.45) is -4.77. The van der Waals surface area contributed by atoms with Crippen LogP contribution >= 0.6 is 0 Å². The van der Waals surface area contributed by atoms with Gasteiger partial charge in [-0.2, -0.15) is 4.68 Å². The van der Waals surface area contributed by atoms with E-state index in [9.17, 15) is 18.0 Å². The number of ether oxygens (including phenoxy) is 1. The number of alkyl halides is 3. The number of carbonyl (C=O) groups is 1. The number of halogens is 3. The second kappa shape index (κ2) is 7.94. The average Bonchev–Trinajstić information content (AvgIpc) is 3.13. The maximum absolute atomic E-state index is 12.2. The van der Waals surface area contributed by atoms with Gasteiger partial charge in [-0.1, -0.05) is 23.3 Å². The summed E-state index contributed by atoms with van der Waals surface area (Å²) in [4.78, 5) is 13.8. The molecule has 11 heteroatoms. The maximum atomic E-state index is 12.2. The molecule has 1 aromatic heterocycles. The number of nitrogens with zero attached hydrogens (tertiary/aromatic N) is 5.